The Morgan fingerprint density at radius 3 is 2.36 bits per heavy atom. The molecular weight excluding hydrogens is 374 g/mol. The highest BCUT2D eigenvalue weighted by Crippen LogP contribution is 2.32. The van der Waals surface area contributed by atoms with Crippen LogP contribution >= 0.6 is 0 Å². The summed E-state index contributed by atoms with van der Waals surface area (Å²) in [5.41, 5.74) is 0.807. The molecular formula is C21H35N3O3S. The van der Waals surface area contributed by atoms with E-state index in [1.165, 1.54) is 0 Å². The molecule has 1 heterocycles. The zero-order valence-electron chi connectivity index (χ0n) is 18.0. The maximum absolute atomic E-state index is 13.4. The highest BCUT2D eigenvalue weighted by atomic mass is 32.2. The number of anilines is 1. The average molecular weight is 410 g/mol. The fourth-order valence-electron chi connectivity index (χ4n) is 4.36. The summed E-state index contributed by atoms with van der Waals surface area (Å²) in [6.45, 7) is 11.5. The number of amides is 1. The molecule has 1 fully saturated rings. The number of piperidine rings is 1. The summed E-state index contributed by atoms with van der Waals surface area (Å²) >= 11 is 0. The van der Waals surface area contributed by atoms with E-state index >= 15 is 0 Å². The number of carbonyl (C=O) groups is 1. The molecule has 0 aliphatic carbocycles. The molecule has 6 nitrogen and oxygen atoms in total. The monoisotopic (exact) mass is 409 g/mol. The third kappa shape index (κ3) is 6.48. The maximum Gasteiger partial charge on any atom is 0.254 e. The Morgan fingerprint density at radius 2 is 1.82 bits per heavy atom. The Bertz CT molecular complexity index is 787. The van der Waals surface area contributed by atoms with Crippen LogP contribution in [0.2, 0.25) is 0 Å². The molecule has 0 aromatic heterocycles. The number of nitrogens with one attached hydrogen (secondary N) is 2. The Balaban J connectivity index is 2.32. The minimum absolute atomic E-state index is 0.0379. The standard InChI is InChI=1S/C21H35N3O3S/c1-7-8-12-24(18-14-20(2,3)23-21(4,5)15-18)19(25)16-10-9-11-17(13-16)22-28(6,26)27/h9-11,13,18,22-23H,7-8,12,14-15H2,1-6H3. The van der Waals surface area contributed by atoms with Crippen LogP contribution in [-0.4, -0.2) is 49.1 Å². The van der Waals surface area contributed by atoms with Crippen molar-refractivity contribution in [1.29, 1.82) is 0 Å². The van der Waals surface area contributed by atoms with Gasteiger partial charge in [-0.15, -0.1) is 0 Å². The second kappa shape index (κ2) is 8.41. The van der Waals surface area contributed by atoms with Gasteiger partial charge in [0.15, 0.2) is 0 Å². The van der Waals surface area contributed by atoms with Crippen LogP contribution in [0.25, 0.3) is 0 Å². The van der Waals surface area contributed by atoms with Gasteiger partial charge in [-0.3, -0.25) is 9.52 Å². The van der Waals surface area contributed by atoms with E-state index in [0.29, 0.717) is 17.8 Å². The van der Waals surface area contributed by atoms with Gasteiger partial charge in [-0.25, -0.2) is 8.42 Å². The molecule has 0 atom stereocenters. The summed E-state index contributed by atoms with van der Waals surface area (Å²) in [4.78, 5) is 15.4. The minimum Gasteiger partial charge on any atom is -0.336 e. The second-order valence-electron chi connectivity index (χ2n) is 9.26. The molecule has 0 unspecified atom stereocenters. The molecule has 1 aliphatic heterocycles. The van der Waals surface area contributed by atoms with Gasteiger partial charge in [0, 0.05) is 34.9 Å². The lowest BCUT2D eigenvalue weighted by Crippen LogP contribution is -2.62. The molecule has 1 amide bonds. The zero-order chi connectivity index (χ0) is 21.2. The van der Waals surface area contributed by atoms with Crippen LogP contribution in [0.5, 0.6) is 0 Å². The molecule has 28 heavy (non-hydrogen) atoms. The van der Waals surface area contributed by atoms with E-state index in [0.717, 1.165) is 31.9 Å². The topological polar surface area (TPSA) is 78.5 Å². The second-order valence-corrected chi connectivity index (χ2v) is 11.0. The summed E-state index contributed by atoms with van der Waals surface area (Å²) in [5, 5.41) is 3.67. The molecule has 0 radical (unpaired) electrons. The van der Waals surface area contributed by atoms with Gasteiger partial charge in [0.05, 0.1) is 6.26 Å². The van der Waals surface area contributed by atoms with E-state index in [2.05, 4.69) is 44.7 Å². The lowest BCUT2D eigenvalue weighted by atomic mass is 9.78. The first-order chi connectivity index (χ1) is 12.8. The summed E-state index contributed by atoms with van der Waals surface area (Å²) in [7, 11) is -3.39. The normalized spacial score (nSPS) is 19.2. The van der Waals surface area contributed by atoms with Crippen LogP contribution in [0.15, 0.2) is 24.3 Å². The van der Waals surface area contributed by atoms with Crippen LogP contribution < -0.4 is 10.0 Å². The third-order valence-electron chi connectivity index (χ3n) is 5.04. The lowest BCUT2D eigenvalue weighted by molar-refractivity contribution is 0.0441. The fourth-order valence-corrected chi connectivity index (χ4v) is 4.92. The van der Waals surface area contributed by atoms with Gasteiger partial charge in [0.1, 0.15) is 0 Å². The minimum atomic E-state index is -3.39. The Labute approximate surface area is 170 Å². The van der Waals surface area contributed by atoms with Crippen molar-refractivity contribution >= 4 is 21.6 Å². The molecule has 0 spiro atoms. The number of benzene rings is 1. The van der Waals surface area contributed by atoms with Crippen molar-refractivity contribution in [2.75, 3.05) is 17.5 Å². The van der Waals surface area contributed by atoms with Crippen molar-refractivity contribution in [3.63, 3.8) is 0 Å². The SMILES string of the molecule is CCCCN(C(=O)c1cccc(NS(C)(=O)=O)c1)C1CC(C)(C)NC(C)(C)C1. The largest absolute Gasteiger partial charge is 0.336 e. The van der Waals surface area contributed by atoms with Crippen molar-refractivity contribution in [3.8, 4) is 0 Å². The highest BCUT2D eigenvalue weighted by Gasteiger charge is 2.41. The summed E-state index contributed by atoms with van der Waals surface area (Å²) in [5.74, 6) is -0.0379. The number of carbonyl (C=O) groups excluding carboxylic acids is 1. The summed E-state index contributed by atoms with van der Waals surface area (Å²) < 4.78 is 25.5. The zero-order valence-corrected chi connectivity index (χ0v) is 18.8. The highest BCUT2D eigenvalue weighted by molar-refractivity contribution is 7.92. The molecule has 1 aromatic carbocycles. The van der Waals surface area contributed by atoms with Crippen molar-refractivity contribution in [2.24, 2.45) is 0 Å². The van der Waals surface area contributed by atoms with E-state index in [-0.39, 0.29) is 23.0 Å². The number of sulfonamides is 1. The van der Waals surface area contributed by atoms with Gasteiger partial charge in [-0.1, -0.05) is 19.4 Å². The maximum atomic E-state index is 13.4. The predicted octanol–water partition coefficient (Wildman–Crippen LogP) is 3.61. The van der Waals surface area contributed by atoms with E-state index < -0.39 is 10.0 Å². The number of rotatable bonds is 7. The molecule has 0 bridgehead atoms. The van der Waals surface area contributed by atoms with E-state index in [4.69, 9.17) is 0 Å². The van der Waals surface area contributed by atoms with Crippen LogP contribution in [0.3, 0.4) is 0 Å². The fraction of sp³-hybridized carbons (Fsp3) is 0.667. The first-order valence-corrected chi connectivity index (χ1v) is 11.9. The molecule has 7 heteroatoms. The van der Waals surface area contributed by atoms with Crippen molar-refractivity contribution in [2.45, 2.75) is 77.4 Å². The molecule has 0 saturated carbocycles. The van der Waals surface area contributed by atoms with E-state index in [9.17, 15) is 13.2 Å². The predicted molar refractivity (Wildman–Crippen MR) is 115 cm³/mol. The third-order valence-corrected chi connectivity index (χ3v) is 5.64. The van der Waals surface area contributed by atoms with Gasteiger partial charge in [0.2, 0.25) is 10.0 Å². The van der Waals surface area contributed by atoms with Crippen LogP contribution in [-0.2, 0) is 10.0 Å². The number of hydrogen-bond donors (Lipinski definition) is 2. The summed E-state index contributed by atoms with van der Waals surface area (Å²) in [6, 6.07) is 6.89. The van der Waals surface area contributed by atoms with Gasteiger partial charge in [0.25, 0.3) is 5.91 Å². The molecule has 2 rings (SSSR count). The van der Waals surface area contributed by atoms with Crippen molar-refractivity contribution in [1.82, 2.24) is 10.2 Å². The molecule has 1 saturated heterocycles. The molecule has 2 N–H and O–H groups in total. The van der Waals surface area contributed by atoms with Gasteiger partial charge in [-0.2, -0.15) is 0 Å². The summed E-state index contributed by atoms with van der Waals surface area (Å²) in [6.07, 6.45) is 4.82. The van der Waals surface area contributed by atoms with Gasteiger partial charge >= 0.3 is 0 Å². The first-order valence-electron chi connectivity index (χ1n) is 10.00. The van der Waals surface area contributed by atoms with Crippen LogP contribution in [0.1, 0.15) is 70.7 Å². The van der Waals surface area contributed by atoms with Crippen LogP contribution in [0, 0.1) is 0 Å². The number of unbranched alkanes of at least 4 members (excludes halogenated alkanes) is 1. The van der Waals surface area contributed by atoms with Crippen LogP contribution in [0.4, 0.5) is 5.69 Å². The van der Waals surface area contributed by atoms with Gasteiger partial charge < -0.3 is 10.2 Å². The number of hydrogen-bond acceptors (Lipinski definition) is 4. The van der Waals surface area contributed by atoms with E-state index in [1.807, 2.05) is 4.90 Å². The van der Waals surface area contributed by atoms with Crippen molar-refractivity contribution < 1.29 is 13.2 Å². The lowest BCUT2D eigenvalue weighted by Gasteiger charge is -2.49. The smallest absolute Gasteiger partial charge is 0.254 e. The Kier molecular flexibility index (Phi) is 6.82. The quantitative estimate of drug-likeness (QED) is 0.721. The Hall–Kier alpha value is -1.60. The first kappa shape index (κ1) is 22.7. The molecule has 158 valence electrons. The Morgan fingerprint density at radius 1 is 1.21 bits per heavy atom. The molecule has 1 aromatic rings. The van der Waals surface area contributed by atoms with Gasteiger partial charge in [-0.05, 0) is 65.2 Å². The van der Waals surface area contributed by atoms with E-state index in [1.54, 1.807) is 24.3 Å². The number of nitrogens with zero attached hydrogens (tertiary/aromatic N) is 1. The average Bonchev–Trinajstić information content (AvgIpc) is 2.50. The van der Waals surface area contributed by atoms with Crippen molar-refractivity contribution in [3.05, 3.63) is 29.8 Å². The molecule has 1 aliphatic rings.